The molecule has 1 aromatic heterocycles. The molecule has 3 rings (SSSR count). The molecule has 132 valence electrons. The number of anilines is 1. The minimum Gasteiger partial charge on any atom is -0.323 e. The molecule has 1 N–H and O–H groups in total. The van der Waals surface area contributed by atoms with Gasteiger partial charge in [-0.2, -0.15) is 0 Å². The number of amides is 1. The van der Waals surface area contributed by atoms with E-state index in [0.717, 1.165) is 27.9 Å². The Morgan fingerprint density at radius 3 is 2.46 bits per heavy atom. The highest BCUT2D eigenvalue weighted by Crippen LogP contribution is 2.22. The fourth-order valence-corrected chi connectivity index (χ4v) is 2.97. The number of rotatable bonds is 5. The third-order valence-corrected chi connectivity index (χ3v) is 4.79. The number of carbonyl (C=O) groups is 1. The summed E-state index contributed by atoms with van der Waals surface area (Å²) in [6, 6.07) is 14.2. The average molecular weight is 436 g/mol. The lowest BCUT2D eigenvalue weighted by atomic mass is 10.1. The molecule has 0 aliphatic rings. The molecule has 0 fully saturated rings. The highest BCUT2D eigenvalue weighted by Gasteiger charge is 2.09. The third kappa shape index (κ3) is 4.86. The Labute approximate surface area is 161 Å². The topological polar surface area (TPSA) is 54.9 Å². The molecule has 0 radical (unpaired) electrons. The molecule has 2 aromatic carbocycles. The summed E-state index contributed by atoms with van der Waals surface area (Å²) >= 11 is 4.55. The van der Waals surface area contributed by atoms with E-state index < -0.39 is 17.5 Å². The summed E-state index contributed by atoms with van der Waals surface area (Å²) < 4.78 is 27.3. The first-order chi connectivity index (χ1) is 12.5. The maximum absolute atomic E-state index is 13.5. The number of aromatic nitrogens is 2. The van der Waals surface area contributed by atoms with E-state index >= 15 is 0 Å². The summed E-state index contributed by atoms with van der Waals surface area (Å²) in [4.78, 5) is 11.9. The maximum atomic E-state index is 13.5. The van der Waals surface area contributed by atoms with Crippen molar-refractivity contribution in [2.24, 2.45) is 0 Å². The lowest BCUT2D eigenvalue weighted by Gasteiger charge is -2.06. The van der Waals surface area contributed by atoms with Gasteiger partial charge in [-0.15, -0.1) is 10.2 Å². The predicted octanol–water partition coefficient (Wildman–Crippen LogP) is 4.92. The summed E-state index contributed by atoms with van der Waals surface area (Å²) in [5.74, 6) is -1.90. The van der Waals surface area contributed by atoms with E-state index in [2.05, 4.69) is 31.4 Å². The van der Waals surface area contributed by atoms with Crippen molar-refractivity contribution in [3.05, 3.63) is 70.7 Å². The van der Waals surface area contributed by atoms with Crippen LogP contribution in [0.2, 0.25) is 0 Å². The van der Waals surface area contributed by atoms with Crippen LogP contribution in [0.4, 0.5) is 14.5 Å². The fourth-order valence-electron chi connectivity index (χ4n) is 2.09. The lowest BCUT2D eigenvalue weighted by Crippen LogP contribution is -2.15. The zero-order valence-electron chi connectivity index (χ0n) is 13.2. The minimum atomic E-state index is -0.818. The van der Waals surface area contributed by atoms with Crippen molar-refractivity contribution >= 4 is 39.3 Å². The van der Waals surface area contributed by atoms with E-state index in [0.29, 0.717) is 5.03 Å². The van der Waals surface area contributed by atoms with E-state index in [1.165, 1.54) is 17.8 Å². The van der Waals surface area contributed by atoms with Crippen molar-refractivity contribution in [3.8, 4) is 11.3 Å². The van der Waals surface area contributed by atoms with Gasteiger partial charge in [0.15, 0.2) is 0 Å². The summed E-state index contributed by atoms with van der Waals surface area (Å²) in [5, 5.41) is 11.2. The van der Waals surface area contributed by atoms with Crippen LogP contribution in [0, 0.1) is 11.6 Å². The van der Waals surface area contributed by atoms with Gasteiger partial charge in [0.1, 0.15) is 16.7 Å². The Kier molecular flexibility index (Phi) is 5.95. The Bertz CT molecular complexity index is 921. The van der Waals surface area contributed by atoms with E-state index in [9.17, 15) is 13.6 Å². The fraction of sp³-hybridized carbons (Fsp3) is 0.0556. The van der Waals surface area contributed by atoms with Crippen molar-refractivity contribution in [1.82, 2.24) is 10.2 Å². The molecule has 26 heavy (non-hydrogen) atoms. The van der Waals surface area contributed by atoms with Crippen LogP contribution in [0.25, 0.3) is 11.3 Å². The van der Waals surface area contributed by atoms with Gasteiger partial charge < -0.3 is 5.32 Å². The van der Waals surface area contributed by atoms with Crippen LogP contribution in [0.3, 0.4) is 0 Å². The number of benzene rings is 2. The second-order valence-corrected chi connectivity index (χ2v) is 7.14. The number of hydrogen-bond acceptors (Lipinski definition) is 4. The molecule has 1 heterocycles. The molecule has 0 atom stereocenters. The monoisotopic (exact) mass is 435 g/mol. The van der Waals surface area contributed by atoms with Crippen molar-refractivity contribution < 1.29 is 13.6 Å². The highest BCUT2D eigenvalue weighted by molar-refractivity contribution is 9.10. The van der Waals surface area contributed by atoms with Gasteiger partial charge in [-0.05, 0) is 36.4 Å². The van der Waals surface area contributed by atoms with Gasteiger partial charge in [0.05, 0.1) is 17.1 Å². The Hall–Kier alpha value is -2.32. The van der Waals surface area contributed by atoms with E-state index in [1.54, 1.807) is 6.07 Å². The molecule has 3 aromatic rings. The molecule has 0 aliphatic heterocycles. The van der Waals surface area contributed by atoms with E-state index in [1.807, 2.05) is 30.3 Å². The van der Waals surface area contributed by atoms with Crippen LogP contribution < -0.4 is 5.32 Å². The highest BCUT2D eigenvalue weighted by atomic mass is 79.9. The van der Waals surface area contributed by atoms with Gasteiger partial charge in [0.2, 0.25) is 5.91 Å². The number of nitrogens with one attached hydrogen (secondary N) is 1. The van der Waals surface area contributed by atoms with Gasteiger partial charge in [-0.25, -0.2) is 8.78 Å². The quantitative estimate of drug-likeness (QED) is 0.578. The predicted molar refractivity (Wildman–Crippen MR) is 101 cm³/mol. The zero-order valence-corrected chi connectivity index (χ0v) is 15.7. The van der Waals surface area contributed by atoms with Crippen LogP contribution in [-0.2, 0) is 4.79 Å². The average Bonchev–Trinajstić information content (AvgIpc) is 2.63. The number of thioether (sulfide) groups is 1. The number of nitrogens with zero attached hydrogens (tertiary/aromatic N) is 2. The van der Waals surface area contributed by atoms with Gasteiger partial charge in [0, 0.05) is 16.1 Å². The first-order valence-corrected chi connectivity index (χ1v) is 9.26. The lowest BCUT2D eigenvalue weighted by molar-refractivity contribution is -0.113. The van der Waals surface area contributed by atoms with E-state index in [-0.39, 0.29) is 11.4 Å². The largest absolute Gasteiger partial charge is 0.323 e. The van der Waals surface area contributed by atoms with E-state index in [4.69, 9.17) is 0 Å². The summed E-state index contributed by atoms with van der Waals surface area (Å²) in [5.41, 5.74) is 1.59. The third-order valence-electron chi connectivity index (χ3n) is 3.34. The Balaban J connectivity index is 1.57. The van der Waals surface area contributed by atoms with Gasteiger partial charge in [0.25, 0.3) is 0 Å². The smallest absolute Gasteiger partial charge is 0.234 e. The maximum Gasteiger partial charge on any atom is 0.234 e. The molecule has 1 amide bonds. The van der Waals surface area contributed by atoms with Gasteiger partial charge in [-0.1, -0.05) is 39.8 Å². The standard InChI is InChI=1S/C18H12BrF2N3OS/c19-12-3-1-11(2-4-12)15-7-8-18(24-23-15)26-10-17(25)22-16-6-5-13(20)9-14(16)21/h1-9H,10H2,(H,22,25). The van der Waals surface area contributed by atoms with Crippen LogP contribution in [0.5, 0.6) is 0 Å². The van der Waals surface area contributed by atoms with Crippen molar-refractivity contribution in [2.75, 3.05) is 11.1 Å². The number of carbonyl (C=O) groups excluding carboxylic acids is 1. The first kappa shape index (κ1) is 18.5. The summed E-state index contributed by atoms with van der Waals surface area (Å²) in [6.45, 7) is 0. The van der Waals surface area contributed by atoms with Crippen molar-refractivity contribution in [3.63, 3.8) is 0 Å². The second kappa shape index (κ2) is 8.37. The molecule has 8 heteroatoms. The van der Waals surface area contributed by atoms with Gasteiger partial charge in [-0.3, -0.25) is 4.79 Å². The molecule has 0 saturated carbocycles. The Morgan fingerprint density at radius 2 is 1.81 bits per heavy atom. The molecule has 0 bridgehead atoms. The zero-order chi connectivity index (χ0) is 18.5. The van der Waals surface area contributed by atoms with Crippen LogP contribution in [0.1, 0.15) is 0 Å². The normalized spacial score (nSPS) is 10.6. The van der Waals surface area contributed by atoms with Crippen LogP contribution >= 0.6 is 27.7 Å². The van der Waals surface area contributed by atoms with Crippen LogP contribution in [0.15, 0.2) is 64.1 Å². The molecule has 0 aliphatic carbocycles. The minimum absolute atomic E-state index is 0.0309. The molecular formula is C18H12BrF2N3OS. The molecule has 0 unspecified atom stereocenters. The molecular weight excluding hydrogens is 424 g/mol. The second-order valence-electron chi connectivity index (χ2n) is 5.22. The number of halogens is 3. The first-order valence-electron chi connectivity index (χ1n) is 7.48. The summed E-state index contributed by atoms with van der Waals surface area (Å²) in [7, 11) is 0. The SMILES string of the molecule is O=C(CSc1ccc(-c2ccc(Br)cc2)nn1)Nc1ccc(F)cc1F. The van der Waals surface area contributed by atoms with Crippen LogP contribution in [-0.4, -0.2) is 21.9 Å². The van der Waals surface area contributed by atoms with Gasteiger partial charge >= 0.3 is 0 Å². The molecule has 4 nitrogen and oxygen atoms in total. The molecule has 0 spiro atoms. The molecule has 0 saturated heterocycles. The summed E-state index contributed by atoms with van der Waals surface area (Å²) in [6.07, 6.45) is 0. The number of hydrogen-bond donors (Lipinski definition) is 1. The van der Waals surface area contributed by atoms with Crippen molar-refractivity contribution in [1.29, 1.82) is 0 Å². The van der Waals surface area contributed by atoms with Crippen molar-refractivity contribution in [2.45, 2.75) is 5.03 Å². The Morgan fingerprint density at radius 1 is 1.04 bits per heavy atom.